The van der Waals surface area contributed by atoms with Crippen molar-refractivity contribution in [2.24, 2.45) is 4.99 Å². The first-order chi connectivity index (χ1) is 14.1. The molecule has 0 aromatic heterocycles. The Labute approximate surface area is 204 Å². The van der Waals surface area contributed by atoms with E-state index < -0.39 is 11.7 Å². The number of carbonyl (C=O) groups excluding carboxylic acids is 2. The third kappa shape index (κ3) is 14.4. The van der Waals surface area contributed by atoms with Crippen LogP contribution in [-0.2, 0) is 14.3 Å². The van der Waals surface area contributed by atoms with E-state index in [1.807, 2.05) is 20.8 Å². The molecule has 10 heteroatoms. The van der Waals surface area contributed by atoms with Crippen LogP contribution in [0, 0.1) is 0 Å². The number of rotatable bonds is 10. The molecule has 2 unspecified atom stereocenters. The van der Waals surface area contributed by atoms with Crippen molar-refractivity contribution in [2.45, 2.75) is 77.5 Å². The maximum atomic E-state index is 12.0. The molecule has 1 fully saturated rings. The Balaban J connectivity index is 0.00000900. The summed E-state index contributed by atoms with van der Waals surface area (Å²) in [5.74, 6) is 0.470. The molecule has 0 aromatic carbocycles. The summed E-state index contributed by atoms with van der Waals surface area (Å²) in [4.78, 5) is 30.0. The predicted octanol–water partition coefficient (Wildman–Crippen LogP) is 2.49. The molecule has 9 nitrogen and oxygen atoms in total. The third-order valence-electron chi connectivity index (χ3n) is 4.53. The Morgan fingerprint density at radius 2 is 1.97 bits per heavy atom. The highest BCUT2D eigenvalue weighted by Gasteiger charge is 2.20. The summed E-state index contributed by atoms with van der Waals surface area (Å²) in [7, 11) is 3.42. The zero-order valence-corrected chi connectivity index (χ0v) is 22.3. The molecule has 0 spiro atoms. The number of guanidine groups is 1. The highest BCUT2D eigenvalue weighted by molar-refractivity contribution is 14.0. The van der Waals surface area contributed by atoms with Crippen molar-refractivity contribution in [1.82, 2.24) is 20.9 Å². The summed E-state index contributed by atoms with van der Waals surface area (Å²) in [5, 5.41) is 9.48. The lowest BCUT2D eigenvalue weighted by molar-refractivity contribution is -0.127. The number of nitrogens with zero attached hydrogens (tertiary/aromatic N) is 2. The number of likely N-dealkylation sites (N-methyl/N-ethyl adjacent to an activating group) is 1. The van der Waals surface area contributed by atoms with E-state index in [1.165, 1.54) is 4.90 Å². The summed E-state index contributed by atoms with van der Waals surface area (Å²) in [6, 6.07) is -0.0392. The number of halogens is 1. The second kappa shape index (κ2) is 15.5. The number of ether oxygens (including phenoxy) is 2. The minimum atomic E-state index is -0.543. The van der Waals surface area contributed by atoms with Gasteiger partial charge < -0.3 is 30.3 Å². The van der Waals surface area contributed by atoms with E-state index in [2.05, 4.69) is 27.9 Å². The van der Waals surface area contributed by atoms with Crippen LogP contribution in [0.1, 0.15) is 59.8 Å². The van der Waals surface area contributed by atoms with Crippen molar-refractivity contribution < 1.29 is 19.1 Å². The molecule has 0 bridgehead atoms. The number of hydrogen-bond donors (Lipinski definition) is 3. The van der Waals surface area contributed by atoms with Crippen molar-refractivity contribution >= 4 is 41.9 Å². The van der Waals surface area contributed by atoms with E-state index in [4.69, 9.17) is 9.47 Å². The largest absolute Gasteiger partial charge is 0.444 e. The second-order valence-corrected chi connectivity index (χ2v) is 8.84. The predicted molar refractivity (Wildman–Crippen MR) is 134 cm³/mol. The zero-order valence-electron chi connectivity index (χ0n) is 20.0. The molecular weight excluding hydrogens is 513 g/mol. The molecule has 2 amide bonds. The van der Waals surface area contributed by atoms with Crippen molar-refractivity contribution in [1.29, 1.82) is 0 Å². The smallest absolute Gasteiger partial charge is 0.407 e. The Hall–Kier alpha value is -1.30. The molecule has 1 aliphatic rings. The molecule has 1 heterocycles. The highest BCUT2D eigenvalue weighted by Crippen LogP contribution is 2.10. The molecule has 0 aliphatic carbocycles. The van der Waals surface area contributed by atoms with Gasteiger partial charge in [-0.1, -0.05) is 19.8 Å². The van der Waals surface area contributed by atoms with Gasteiger partial charge in [0.05, 0.1) is 6.10 Å². The maximum Gasteiger partial charge on any atom is 0.407 e. The number of alkyl carbamates (subject to hydrolysis) is 1. The molecule has 3 N–H and O–H groups in total. The van der Waals surface area contributed by atoms with E-state index in [0.717, 1.165) is 38.7 Å². The van der Waals surface area contributed by atoms with Crippen LogP contribution in [0.25, 0.3) is 0 Å². The van der Waals surface area contributed by atoms with Gasteiger partial charge in [0.2, 0.25) is 5.91 Å². The molecule has 1 aliphatic heterocycles. The van der Waals surface area contributed by atoms with Gasteiger partial charge in [0, 0.05) is 39.8 Å². The summed E-state index contributed by atoms with van der Waals surface area (Å²) < 4.78 is 11.0. The molecule has 0 radical (unpaired) electrons. The van der Waals surface area contributed by atoms with E-state index >= 15 is 0 Å². The Morgan fingerprint density at radius 3 is 2.52 bits per heavy atom. The molecule has 1 rings (SSSR count). The number of nitrogens with one attached hydrogen (secondary N) is 3. The lowest BCUT2D eigenvalue weighted by Crippen LogP contribution is -2.50. The standard InChI is InChI=1S/C21H41N5O4.HI/c1-7-8-10-16(13-24-20(28)30-21(2,3)4)25-19(23-15-18(27)26(5)6)22-14-17-11-9-12-29-17;/h16-17H,7-15H2,1-6H3,(H,24,28)(H2,22,23,25);1H. The fourth-order valence-electron chi connectivity index (χ4n) is 2.85. The molecule has 0 saturated carbocycles. The zero-order chi connectivity index (χ0) is 22.6. The fourth-order valence-corrected chi connectivity index (χ4v) is 2.85. The number of hydrogen-bond acceptors (Lipinski definition) is 5. The van der Waals surface area contributed by atoms with Crippen LogP contribution in [0.5, 0.6) is 0 Å². The Morgan fingerprint density at radius 1 is 1.26 bits per heavy atom. The number of unbranched alkanes of at least 4 members (excludes halogenated alkanes) is 1. The van der Waals surface area contributed by atoms with Gasteiger partial charge in [0.15, 0.2) is 5.96 Å². The summed E-state index contributed by atoms with van der Waals surface area (Å²) in [5.41, 5.74) is -0.543. The van der Waals surface area contributed by atoms with Gasteiger partial charge in [-0.2, -0.15) is 0 Å². The quantitative estimate of drug-likeness (QED) is 0.218. The monoisotopic (exact) mass is 555 g/mol. The van der Waals surface area contributed by atoms with Crippen molar-refractivity contribution in [3.8, 4) is 0 Å². The minimum absolute atomic E-state index is 0. The first kappa shape index (κ1) is 29.7. The van der Waals surface area contributed by atoms with Crippen LogP contribution < -0.4 is 16.0 Å². The first-order valence-electron chi connectivity index (χ1n) is 10.9. The van der Waals surface area contributed by atoms with E-state index in [0.29, 0.717) is 19.0 Å². The van der Waals surface area contributed by atoms with Crippen LogP contribution in [0.2, 0.25) is 0 Å². The van der Waals surface area contributed by atoms with Crippen LogP contribution in [-0.4, -0.2) is 80.9 Å². The van der Waals surface area contributed by atoms with Crippen molar-refractivity contribution in [2.75, 3.05) is 40.3 Å². The number of amides is 2. The van der Waals surface area contributed by atoms with Gasteiger partial charge in [-0.3, -0.25) is 4.79 Å². The average Bonchev–Trinajstić information content (AvgIpc) is 3.17. The van der Waals surface area contributed by atoms with Crippen molar-refractivity contribution in [3.63, 3.8) is 0 Å². The lowest BCUT2D eigenvalue weighted by atomic mass is 10.1. The minimum Gasteiger partial charge on any atom is -0.444 e. The molecule has 182 valence electrons. The van der Waals surface area contributed by atoms with E-state index in [9.17, 15) is 9.59 Å². The van der Waals surface area contributed by atoms with Crippen LogP contribution >= 0.6 is 24.0 Å². The normalized spacial score (nSPS) is 17.4. The van der Waals surface area contributed by atoms with E-state index in [1.54, 1.807) is 14.1 Å². The summed E-state index contributed by atoms with van der Waals surface area (Å²) >= 11 is 0. The molecule has 1 saturated heterocycles. The lowest BCUT2D eigenvalue weighted by Gasteiger charge is -2.24. The van der Waals surface area contributed by atoms with Gasteiger partial charge in [-0.25, -0.2) is 9.79 Å². The van der Waals surface area contributed by atoms with Crippen LogP contribution in [0.4, 0.5) is 4.79 Å². The van der Waals surface area contributed by atoms with Gasteiger partial charge in [0.25, 0.3) is 0 Å². The van der Waals surface area contributed by atoms with Gasteiger partial charge in [-0.05, 0) is 40.0 Å². The first-order valence-corrected chi connectivity index (χ1v) is 10.9. The number of carbonyl (C=O) groups is 2. The molecule has 31 heavy (non-hydrogen) atoms. The molecule has 0 aromatic rings. The molecule has 2 atom stereocenters. The van der Waals surface area contributed by atoms with Crippen LogP contribution in [0.15, 0.2) is 4.99 Å². The Kier molecular flexibility index (Phi) is 14.8. The van der Waals surface area contributed by atoms with Gasteiger partial charge in [0.1, 0.15) is 12.1 Å². The molecular formula is C21H42IN5O4. The number of aliphatic imine (C=N–C) groups is 1. The van der Waals surface area contributed by atoms with Gasteiger partial charge >= 0.3 is 6.09 Å². The Bertz CT molecular complexity index is 560. The summed E-state index contributed by atoms with van der Waals surface area (Å²) in [6.45, 7) is 9.49. The van der Waals surface area contributed by atoms with E-state index in [-0.39, 0.29) is 48.6 Å². The fraction of sp³-hybridized carbons (Fsp3) is 0.857. The SMILES string of the molecule is CCCCC(CNC(=O)OC(C)(C)C)NC(=NCC(=O)N(C)C)NCC1CCCO1.I. The third-order valence-corrected chi connectivity index (χ3v) is 4.53. The summed E-state index contributed by atoms with van der Waals surface area (Å²) in [6.07, 6.45) is 4.67. The second-order valence-electron chi connectivity index (χ2n) is 8.84. The van der Waals surface area contributed by atoms with Crippen molar-refractivity contribution in [3.05, 3.63) is 0 Å². The maximum absolute atomic E-state index is 12.0. The highest BCUT2D eigenvalue weighted by atomic mass is 127. The van der Waals surface area contributed by atoms with Gasteiger partial charge in [-0.15, -0.1) is 24.0 Å². The average molecular weight is 556 g/mol. The van der Waals surface area contributed by atoms with Crippen LogP contribution in [0.3, 0.4) is 0 Å². The topological polar surface area (TPSA) is 104 Å².